The van der Waals surface area contributed by atoms with Gasteiger partial charge in [0.25, 0.3) is 0 Å². The molecule has 60 valence electrons. The summed E-state index contributed by atoms with van der Waals surface area (Å²) in [4.78, 5) is 0. The first-order valence-electron chi connectivity index (χ1n) is 4.34. The summed E-state index contributed by atoms with van der Waals surface area (Å²) in [6.45, 7) is 0. The van der Waals surface area contributed by atoms with Crippen molar-refractivity contribution in [1.82, 2.24) is 0 Å². The van der Waals surface area contributed by atoms with Crippen molar-refractivity contribution in [3.05, 3.63) is 59.8 Å². The summed E-state index contributed by atoms with van der Waals surface area (Å²) in [5.41, 5.74) is 2.81. The highest BCUT2D eigenvalue weighted by molar-refractivity contribution is 5.38. The first kappa shape index (κ1) is 7.35. The van der Waals surface area contributed by atoms with Crippen molar-refractivity contribution in [1.29, 1.82) is 0 Å². The SMILES string of the molecule is C1=CCC(/C=C/C2=CC=CC2)=C1. The number of hydrogen-bond acceptors (Lipinski definition) is 0. The molecule has 0 nitrogen and oxygen atoms in total. The molecule has 0 heteroatoms. The lowest BCUT2D eigenvalue weighted by molar-refractivity contribution is 1.30. The third-order valence-electron chi connectivity index (χ3n) is 2.11. The van der Waals surface area contributed by atoms with Crippen LogP contribution in [0.2, 0.25) is 0 Å². The fraction of sp³-hybridized carbons (Fsp3) is 0.167. The first-order chi connectivity index (χ1) is 5.95. The van der Waals surface area contributed by atoms with Gasteiger partial charge in [0.1, 0.15) is 0 Å². The Morgan fingerprint density at radius 2 is 1.33 bits per heavy atom. The Kier molecular flexibility index (Phi) is 2.08. The fourth-order valence-electron chi connectivity index (χ4n) is 1.39. The van der Waals surface area contributed by atoms with Gasteiger partial charge in [-0.1, -0.05) is 48.6 Å². The molecular weight excluding hydrogens is 144 g/mol. The largest absolute Gasteiger partial charge is 0.0801 e. The molecule has 0 heterocycles. The molecule has 0 aromatic heterocycles. The van der Waals surface area contributed by atoms with Crippen LogP contribution in [0.25, 0.3) is 0 Å². The van der Waals surface area contributed by atoms with Crippen LogP contribution in [-0.2, 0) is 0 Å². The smallest absolute Gasteiger partial charge is 0.00943 e. The third-order valence-corrected chi connectivity index (χ3v) is 2.11. The summed E-state index contributed by atoms with van der Waals surface area (Å²) in [6, 6.07) is 0. The Balaban J connectivity index is 1.94. The normalized spacial score (nSPS) is 20.7. The molecular formula is C12H12. The molecule has 0 saturated heterocycles. The topological polar surface area (TPSA) is 0 Å². The van der Waals surface area contributed by atoms with Crippen molar-refractivity contribution in [3.63, 3.8) is 0 Å². The van der Waals surface area contributed by atoms with Gasteiger partial charge in [-0.2, -0.15) is 0 Å². The molecule has 0 bridgehead atoms. The molecule has 0 aliphatic heterocycles. The van der Waals surface area contributed by atoms with E-state index in [1.165, 1.54) is 11.1 Å². The summed E-state index contributed by atoms with van der Waals surface area (Å²) in [5, 5.41) is 0. The molecule has 0 radical (unpaired) electrons. The average molecular weight is 156 g/mol. The second-order valence-electron chi connectivity index (χ2n) is 3.08. The van der Waals surface area contributed by atoms with Crippen LogP contribution in [0.4, 0.5) is 0 Å². The van der Waals surface area contributed by atoms with Crippen molar-refractivity contribution in [3.8, 4) is 0 Å². The molecule has 0 spiro atoms. The van der Waals surface area contributed by atoms with Crippen LogP contribution in [0, 0.1) is 0 Å². The van der Waals surface area contributed by atoms with Crippen LogP contribution >= 0.6 is 0 Å². The maximum Gasteiger partial charge on any atom is -0.00943 e. The standard InChI is InChI=1S/C12H12/c1-2-6-11(5-1)9-10-12-7-3-4-8-12/h1-5,7,9-10H,6,8H2/b10-9+. The molecule has 0 amide bonds. The summed E-state index contributed by atoms with van der Waals surface area (Å²) in [5.74, 6) is 0. The Morgan fingerprint density at radius 3 is 1.67 bits per heavy atom. The number of allylic oxidation sites excluding steroid dienone is 10. The minimum atomic E-state index is 1.09. The van der Waals surface area contributed by atoms with Crippen molar-refractivity contribution in [2.45, 2.75) is 12.8 Å². The molecule has 0 fully saturated rings. The Hall–Kier alpha value is -1.30. The monoisotopic (exact) mass is 156 g/mol. The van der Waals surface area contributed by atoms with Gasteiger partial charge in [-0.3, -0.25) is 0 Å². The van der Waals surface area contributed by atoms with Crippen LogP contribution in [0.15, 0.2) is 59.8 Å². The zero-order valence-corrected chi connectivity index (χ0v) is 7.03. The van der Waals surface area contributed by atoms with E-state index in [1.807, 2.05) is 0 Å². The van der Waals surface area contributed by atoms with Gasteiger partial charge < -0.3 is 0 Å². The highest BCUT2D eigenvalue weighted by atomic mass is 14.0. The molecule has 0 aromatic carbocycles. The average Bonchev–Trinajstić information content (AvgIpc) is 2.74. The van der Waals surface area contributed by atoms with E-state index < -0.39 is 0 Å². The van der Waals surface area contributed by atoms with E-state index in [9.17, 15) is 0 Å². The summed E-state index contributed by atoms with van der Waals surface area (Å²) < 4.78 is 0. The van der Waals surface area contributed by atoms with Gasteiger partial charge in [0.2, 0.25) is 0 Å². The van der Waals surface area contributed by atoms with E-state index in [1.54, 1.807) is 0 Å². The minimum absolute atomic E-state index is 1.09. The molecule has 0 atom stereocenters. The Labute approximate surface area is 73.3 Å². The molecule has 0 N–H and O–H groups in total. The predicted molar refractivity (Wildman–Crippen MR) is 52.8 cm³/mol. The van der Waals surface area contributed by atoms with E-state index in [0.29, 0.717) is 0 Å². The lowest BCUT2D eigenvalue weighted by Gasteiger charge is -1.92. The van der Waals surface area contributed by atoms with Crippen LogP contribution in [-0.4, -0.2) is 0 Å². The van der Waals surface area contributed by atoms with Crippen molar-refractivity contribution < 1.29 is 0 Å². The maximum atomic E-state index is 2.21. The molecule has 0 unspecified atom stereocenters. The van der Waals surface area contributed by atoms with E-state index >= 15 is 0 Å². The van der Waals surface area contributed by atoms with Crippen LogP contribution in [0.1, 0.15) is 12.8 Å². The molecule has 0 aromatic rings. The van der Waals surface area contributed by atoms with Gasteiger partial charge in [-0.25, -0.2) is 0 Å². The maximum absolute atomic E-state index is 2.21. The van der Waals surface area contributed by atoms with Gasteiger partial charge in [-0.05, 0) is 24.0 Å². The number of hydrogen-bond donors (Lipinski definition) is 0. The van der Waals surface area contributed by atoms with Crippen molar-refractivity contribution in [2.24, 2.45) is 0 Å². The number of rotatable bonds is 2. The predicted octanol–water partition coefficient (Wildman–Crippen LogP) is 3.32. The zero-order chi connectivity index (χ0) is 8.23. The second-order valence-corrected chi connectivity index (χ2v) is 3.08. The highest BCUT2D eigenvalue weighted by Crippen LogP contribution is 2.16. The van der Waals surface area contributed by atoms with Gasteiger partial charge in [0, 0.05) is 0 Å². The Morgan fingerprint density at radius 1 is 0.833 bits per heavy atom. The quantitative estimate of drug-likeness (QED) is 0.575. The minimum Gasteiger partial charge on any atom is -0.0801 e. The molecule has 0 saturated carbocycles. The van der Waals surface area contributed by atoms with E-state index in [4.69, 9.17) is 0 Å². The van der Waals surface area contributed by atoms with Crippen LogP contribution < -0.4 is 0 Å². The molecule has 2 aliphatic carbocycles. The van der Waals surface area contributed by atoms with Gasteiger partial charge in [0.15, 0.2) is 0 Å². The molecule has 2 aliphatic rings. The van der Waals surface area contributed by atoms with Gasteiger partial charge >= 0.3 is 0 Å². The fourth-order valence-corrected chi connectivity index (χ4v) is 1.39. The Bertz CT molecular complexity index is 277. The van der Waals surface area contributed by atoms with E-state index in [2.05, 4.69) is 48.6 Å². The third kappa shape index (κ3) is 1.65. The molecule has 12 heavy (non-hydrogen) atoms. The summed E-state index contributed by atoms with van der Waals surface area (Å²) in [7, 11) is 0. The lowest BCUT2D eigenvalue weighted by atomic mass is 10.1. The summed E-state index contributed by atoms with van der Waals surface area (Å²) >= 11 is 0. The van der Waals surface area contributed by atoms with E-state index in [-0.39, 0.29) is 0 Å². The highest BCUT2D eigenvalue weighted by Gasteiger charge is 1.96. The van der Waals surface area contributed by atoms with Gasteiger partial charge in [0.05, 0.1) is 0 Å². The van der Waals surface area contributed by atoms with Crippen molar-refractivity contribution >= 4 is 0 Å². The van der Waals surface area contributed by atoms with Crippen LogP contribution in [0.3, 0.4) is 0 Å². The zero-order valence-electron chi connectivity index (χ0n) is 7.03. The summed E-state index contributed by atoms with van der Waals surface area (Å²) in [6.07, 6.45) is 19.5. The van der Waals surface area contributed by atoms with E-state index in [0.717, 1.165) is 12.8 Å². The van der Waals surface area contributed by atoms with Crippen molar-refractivity contribution in [2.75, 3.05) is 0 Å². The first-order valence-corrected chi connectivity index (χ1v) is 4.34. The lowest BCUT2D eigenvalue weighted by Crippen LogP contribution is -1.72. The van der Waals surface area contributed by atoms with Crippen LogP contribution in [0.5, 0.6) is 0 Å². The second kappa shape index (κ2) is 3.40. The van der Waals surface area contributed by atoms with Gasteiger partial charge in [-0.15, -0.1) is 0 Å². The molecule has 2 rings (SSSR count).